The first-order valence-corrected chi connectivity index (χ1v) is 6.38. The Kier molecular flexibility index (Phi) is 4.58. The number of halogens is 1. The molecule has 0 saturated carbocycles. The summed E-state index contributed by atoms with van der Waals surface area (Å²) in [6.45, 7) is 3.04. The SMILES string of the molecule is Cl.N[C@H]1CCN(Cc2cnn(-c3ccccc3)c2)C1. The second-order valence-electron chi connectivity index (χ2n) is 4.91. The van der Waals surface area contributed by atoms with Crippen molar-refractivity contribution in [1.29, 1.82) is 0 Å². The van der Waals surface area contributed by atoms with Crippen molar-refractivity contribution < 1.29 is 0 Å². The lowest BCUT2D eigenvalue weighted by molar-refractivity contribution is 0.327. The van der Waals surface area contributed by atoms with Gasteiger partial charge in [-0.2, -0.15) is 5.10 Å². The van der Waals surface area contributed by atoms with Crippen LogP contribution in [0.25, 0.3) is 5.69 Å². The summed E-state index contributed by atoms with van der Waals surface area (Å²) in [6, 6.07) is 10.5. The molecular weight excluding hydrogens is 260 g/mol. The van der Waals surface area contributed by atoms with E-state index in [0.717, 1.165) is 31.7 Å². The van der Waals surface area contributed by atoms with Gasteiger partial charge in [-0.15, -0.1) is 12.4 Å². The zero-order valence-electron chi connectivity index (χ0n) is 10.8. The summed E-state index contributed by atoms with van der Waals surface area (Å²) in [6.07, 6.45) is 5.14. The van der Waals surface area contributed by atoms with Crippen LogP contribution in [0, 0.1) is 0 Å². The van der Waals surface area contributed by atoms with Crippen LogP contribution in [0.2, 0.25) is 0 Å². The molecule has 4 nitrogen and oxygen atoms in total. The standard InChI is InChI=1S/C14H18N4.ClH/c15-13-6-7-17(11-13)9-12-8-16-18(10-12)14-4-2-1-3-5-14;/h1-5,8,10,13H,6-7,9,11,15H2;1H/t13-;/m0./s1. The third kappa shape index (κ3) is 3.35. The molecule has 19 heavy (non-hydrogen) atoms. The van der Waals surface area contributed by atoms with Crippen LogP contribution in [0.5, 0.6) is 0 Å². The minimum atomic E-state index is 0. The predicted molar refractivity (Wildman–Crippen MR) is 78.7 cm³/mol. The summed E-state index contributed by atoms with van der Waals surface area (Å²) in [4.78, 5) is 2.39. The molecule has 5 heteroatoms. The van der Waals surface area contributed by atoms with Crippen molar-refractivity contribution in [3.8, 4) is 5.69 Å². The lowest BCUT2D eigenvalue weighted by Gasteiger charge is -2.13. The van der Waals surface area contributed by atoms with E-state index in [9.17, 15) is 0 Å². The van der Waals surface area contributed by atoms with Gasteiger partial charge in [-0.3, -0.25) is 4.90 Å². The molecule has 0 aliphatic carbocycles. The van der Waals surface area contributed by atoms with Gasteiger partial charge in [-0.05, 0) is 18.6 Å². The van der Waals surface area contributed by atoms with Gasteiger partial charge in [0.05, 0.1) is 11.9 Å². The zero-order chi connectivity index (χ0) is 12.4. The van der Waals surface area contributed by atoms with E-state index in [1.807, 2.05) is 29.1 Å². The van der Waals surface area contributed by atoms with Gasteiger partial charge in [0, 0.05) is 37.4 Å². The molecule has 0 unspecified atom stereocenters. The summed E-state index contributed by atoms with van der Waals surface area (Å²) in [5, 5.41) is 4.41. The zero-order valence-corrected chi connectivity index (χ0v) is 11.6. The number of aromatic nitrogens is 2. The summed E-state index contributed by atoms with van der Waals surface area (Å²) in [7, 11) is 0. The van der Waals surface area contributed by atoms with E-state index in [-0.39, 0.29) is 12.4 Å². The minimum Gasteiger partial charge on any atom is -0.326 e. The Morgan fingerprint density at radius 1 is 1.26 bits per heavy atom. The quantitative estimate of drug-likeness (QED) is 0.932. The average molecular weight is 279 g/mol. The highest BCUT2D eigenvalue weighted by Crippen LogP contribution is 2.13. The Labute approximate surface area is 119 Å². The minimum absolute atomic E-state index is 0. The normalized spacial score (nSPS) is 19.3. The maximum absolute atomic E-state index is 5.91. The highest BCUT2D eigenvalue weighted by Gasteiger charge is 2.19. The van der Waals surface area contributed by atoms with Crippen LogP contribution in [0.3, 0.4) is 0 Å². The Hall–Kier alpha value is -1.36. The van der Waals surface area contributed by atoms with E-state index in [0.29, 0.717) is 6.04 Å². The summed E-state index contributed by atoms with van der Waals surface area (Å²) in [5.41, 5.74) is 8.25. The van der Waals surface area contributed by atoms with Crippen LogP contribution >= 0.6 is 12.4 Å². The largest absolute Gasteiger partial charge is 0.326 e. The number of rotatable bonds is 3. The third-order valence-corrected chi connectivity index (χ3v) is 3.37. The van der Waals surface area contributed by atoms with Crippen molar-refractivity contribution in [2.75, 3.05) is 13.1 Å². The lowest BCUT2D eigenvalue weighted by atomic mass is 10.3. The summed E-state index contributed by atoms with van der Waals surface area (Å²) >= 11 is 0. The molecule has 3 rings (SSSR count). The van der Waals surface area contributed by atoms with Crippen molar-refractivity contribution in [3.05, 3.63) is 48.3 Å². The number of nitrogens with two attached hydrogens (primary N) is 1. The van der Waals surface area contributed by atoms with Crippen molar-refractivity contribution in [3.63, 3.8) is 0 Å². The monoisotopic (exact) mass is 278 g/mol. The number of hydrogen-bond donors (Lipinski definition) is 1. The van der Waals surface area contributed by atoms with Gasteiger partial charge >= 0.3 is 0 Å². The van der Waals surface area contributed by atoms with Crippen LogP contribution in [-0.2, 0) is 6.54 Å². The lowest BCUT2D eigenvalue weighted by Crippen LogP contribution is -2.26. The van der Waals surface area contributed by atoms with E-state index in [4.69, 9.17) is 5.73 Å². The fraction of sp³-hybridized carbons (Fsp3) is 0.357. The van der Waals surface area contributed by atoms with Crippen LogP contribution in [0.15, 0.2) is 42.7 Å². The molecule has 2 N–H and O–H groups in total. The van der Waals surface area contributed by atoms with E-state index < -0.39 is 0 Å². The van der Waals surface area contributed by atoms with Gasteiger partial charge in [-0.1, -0.05) is 18.2 Å². The van der Waals surface area contributed by atoms with Gasteiger partial charge < -0.3 is 5.73 Å². The van der Waals surface area contributed by atoms with Crippen LogP contribution < -0.4 is 5.73 Å². The fourth-order valence-electron chi connectivity index (χ4n) is 2.43. The summed E-state index contributed by atoms with van der Waals surface area (Å²) in [5.74, 6) is 0. The molecule has 2 heterocycles. The van der Waals surface area contributed by atoms with Gasteiger partial charge in [0.25, 0.3) is 0 Å². The van der Waals surface area contributed by atoms with E-state index >= 15 is 0 Å². The molecule has 1 aromatic heterocycles. The number of hydrogen-bond acceptors (Lipinski definition) is 3. The molecule has 102 valence electrons. The number of nitrogens with zero attached hydrogens (tertiary/aromatic N) is 3. The average Bonchev–Trinajstić information content (AvgIpc) is 3.01. The topological polar surface area (TPSA) is 47.1 Å². The Morgan fingerprint density at radius 2 is 2.05 bits per heavy atom. The van der Waals surface area contributed by atoms with Crippen molar-refractivity contribution in [1.82, 2.24) is 14.7 Å². The smallest absolute Gasteiger partial charge is 0.0645 e. The van der Waals surface area contributed by atoms with Gasteiger partial charge in [0.1, 0.15) is 0 Å². The van der Waals surface area contributed by atoms with Gasteiger partial charge in [-0.25, -0.2) is 4.68 Å². The first-order valence-electron chi connectivity index (χ1n) is 6.38. The van der Waals surface area contributed by atoms with Gasteiger partial charge in [0.15, 0.2) is 0 Å². The molecule has 1 atom stereocenters. The van der Waals surface area contributed by atoms with E-state index in [2.05, 4.69) is 28.3 Å². The molecule has 1 aliphatic heterocycles. The third-order valence-electron chi connectivity index (χ3n) is 3.37. The molecular formula is C14H19ClN4. The number of benzene rings is 1. The van der Waals surface area contributed by atoms with Crippen LogP contribution in [0.4, 0.5) is 0 Å². The molecule has 2 aromatic rings. The highest BCUT2D eigenvalue weighted by atomic mass is 35.5. The first kappa shape index (κ1) is 14.1. The molecule has 0 spiro atoms. The second kappa shape index (κ2) is 6.19. The molecule has 1 fully saturated rings. The Morgan fingerprint density at radius 3 is 2.74 bits per heavy atom. The maximum atomic E-state index is 5.91. The first-order chi connectivity index (χ1) is 8.81. The number of para-hydroxylation sites is 1. The van der Waals surface area contributed by atoms with Gasteiger partial charge in [0.2, 0.25) is 0 Å². The maximum Gasteiger partial charge on any atom is 0.0645 e. The second-order valence-corrected chi connectivity index (χ2v) is 4.91. The molecule has 1 aliphatic rings. The predicted octanol–water partition coefficient (Wildman–Crippen LogP) is 1.83. The van der Waals surface area contributed by atoms with Crippen LogP contribution in [0.1, 0.15) is 12.0 Å². The molecule has 1 aromatic carbocycles. The molecule has 1 saturated heterocycles. The summed E-state index contributed by atoms with van der Waals surface area (Å²) < 4.78 is 1.92. The Balaban J connectivity index is 0.00000133. The van der Waals surface area contributed by atoms with Crippen LogP contribution in [-0.4, -0.2) is 33.8 Å². The number of likely N-dealkylation sites (tertiary alicyclic amines) is 1. The van der Waals surface area contributed by atoms with E-state index in [1.54, 1.807) is 0 Å². The molecule has 0 bridgehead atoms. The highest BCUT2D eigenvalue weighted by molar-refractivity contribution is 5.85. The molecule has 0 radical (unpaired) electrons. The van der Waals surface area contributed by atoms with Crippen molar-refractivity contribution in [2.24, 2.45) is 5.73 Å². The molecule has 0 amide bonds. The van der Waals surface area contributed by atoms with Crippen molar-refractivity contribution in [2.45, 2.75) is 19.0 Å². The van der Waals surface area contributed by atoms with E-state index in [1.165, 1.54) is 5.56 Å². The van der Waals surface area contributed by atoms with Crippen molar-refractivity contribution >= 4 is 12.4 Å². The fourth-order valence-corrected chi connectivity index (χ4v) is 2.43. The Bertz CT molecular complexity index is 511.